The predicted octanol–water partition coefficient (Wildman–Crippen LogP) is 3.34. The molecule has 0 bridgehead atoms. The van der Waals surface area contributed by atoms with Crippen LogP contribution in [-0.4, -0.2) is 41.9 Å². The fourth-order valence-corrected chi connectivity index (χ4v) is 3.40. The Hall–Kier alpha value is -2.64. The molecule has 1 amide bonds. The molecule has 4 heteroatoms. The molecule has 0 N–H and O–H groups in total. The summed E-state index contributed by atoms with van der Waals surface area (Å²) in [6.07, 6.45) is 1.33. The van der Waals surface area contributed by atoms with E-state index in [1.54, 1.807) is 0 Å². The molecule has 3 rings (SSSR count). The van der Waals surface area contributed by atoms with Gasteiger partial charge >= 0.3 is 0 Å². The Morgan fingerprint density at radius 2 is 1.69 bits per heavy atom. The van der Waals surface area contributed by atoms with Crippen LogP contribution in [0.2, 0.25) is 0 Å². The molecule has 2 aromatic rings. The third-order valence-corrected chi connectivity index (χ3v) is 5.02. The van der Waals surface area contributed by atoms with E-state index in [-0.39, 0.29) is 11.9 Å². The second-order valence-electron chi connectivity index (χ2n) is 6.84. The van der Waals surface area contributed by atoms with Gasteiger partial charge in [-0.15, -0.1) is 0 Å². The third-order valence-electron chi connectivity index (χ3n) is 5.02. The minimum Gasteiger partial charge on any atom is -0.340 e. The Labute approximate surface area is 155 Å². The van der Waals surface area contributed by atoms with Crippen LogP contribution in [0.1, 0.15) is 29.2 Å². The highest BCUT2D eigenvalue weighted by Crippen LogP contribution is 2.22. The van der Waals surface area contributed by atoms with Gasteiger partial charge in [0, 0.05) is 32.6 Å². The number of rotatable bonds is 5. The van der Waals surface area contributed by atoms with E-state index in [0.29, 0.717) is 19.5 Å². The van der Waals surface area contributed by atoms with Crippen molar-refractivity contribution >= 4 is 5.91 Å². The third kappa shape index (κ3) is 4.50. The van der Waals surface area contributed by atoms with Gasteiger partial charge in [-0.2, -0.15) is 5.26 Å². The zero-order valence-electron chi connectivity index (χ0n) is 15.3. The van der Waals surface area contributed by atoms with Gasteiger partial charge in [0.15, 0.2) is 0 Å². The van der Waals surface area contributed by atoms with Gasteiger partial charge in [-0.3, -0.25) is 9.69 Å². The molecule has 0 spiro atoms. The topological polar surface area (TPSA) is 47.3 Å². The van der Waals surface area contributed by atoms with Crippen LogP contribution in [0.5, 0.6) is 0 Å². The van der Waals surface area contributed by atoms with Crippen molar-refractivity contribution in [1.82, 2.24) is 9.80 Å². The molecule has 1 aliphatic rings. The summed E-state index contributed by atoms with van der Waals surface area (Å²) in [5.41, 5.74) is 3.42. The van der Waals surface area contributed by atoms with Crippen LogP contribution in [0, 0.1) is 18.3 Å². The summed E-state index contributed by atoms with van der Waals surface area (Å²) in [6, 6.07) is 20.4. The number of hydrogen-bond acceptors (Lipinski definition) is 3. The molecular weight excluding hydrogens is 322 g/mol. The summed E-state index contributed by atoms with van der Waals surface area (Å²) in [7, 11) is 0. The molecule has 1 atom stereocenters. The van der Waals surface area contributed by atoms with E-state index in [4.69, 9.17) is 0 Å². The number of benzene rings is 2. The van der Waals surface area contributed by atoms with E-state index in [9.17, 15) is 10.1 Å². The molecule has 134 valence electrons. The van der Waals surface area contributed by atoms with Crippen LogP contribution in [0.3, 0.4) is 0 Å². The van der Waals surface area contributed by atoms with Gasteiger partial charge in [0.2, 0.25) is 5.91 Å². The van der Waals surface area contributed by atoms with E-state index in [0.717, 1.165) is 25.1 Å². The Kier molecular flexibility index (Phi) is 6.04. The van der Waals surface area contributed by atoms with Crippen molar-refractivity contribution in [2.24, 2.45) is 0 Å². The lowest BCUT2D eigenvalue weighted by Crippen LogP contribution is -2.49. The number of hydrogen-bond donors (Lipinski definition) is 0. The molecule has 1 heterocycles. The summed E-state index contributed by atoms with van der Waals surface area (Å²) in [5.74, 6) is 0.206. The highest BCUT2D eigenvalue weighted by atomic mass is 16.2. The zero-order chi connectivity index (χ0) is 18.4. The minimum absolute atomic E-state index is 0.206. The van der Waals surface area contributed by atoms with Crippen molar-refractivity contribution in [3.05, 3.63) is 71.3 Å². The Morgan fingerprint density at radius 1 is 1.04 bits per heavy atom. The fourth-order valence-electron chi connectivity index (χ4n) is 3.40. The van der Waals surface area contributed by atoms with E-state index in [1.807, 2.05) is 54.3 Å². The Morgan fingerprint density at radius 3 is 2.31 bits per heavy atom. The van der Waals surface area contributed by atoms with Crippen LogP contribution in [-0.2, 0) is 11.2 Å². The van der Waals surface area contributed by atoms with Gasteiger partial charge in [0.1, 0.15) is 6.04 Å². The Bertz CT molecular complexity index is 756. The average Bonchev–Trinajstić information content (AvgIpc) is 2.69. The number of aryl methyl sites for hydroxylation is 2. The summed E-state index contributed by atoms with van der Waals surface area (Å²) in [5, 5.41) is 9.61. The molecule has 0 aliphatic carbocycles. The first kappa shape index (κ1) is 18.2. The van der Waals surface area contributed by atoms with Crippen LogP contribution < -0.4 is 0 Å². The van der Waals surface area contributed by atoms with Gasteiger partial charge in [-0.25, -0.2) is 0 Å². The monoisotopic (exact) mass is 347 g/mol. The predicted molar refractivity (Wildman–Crippen MR) is 102 cm³/mol. The maximum Gasteiger partial charge on any atom is 0.222 e. The van der Waals surface area contributed by atoms with E-state index in [1.165, 1.54) is 11.1 Å². The number of nitriles is 1. The fraction of sp³-hybridized carbons (Fsp3) is 0.364. The normalized spacial score (nSPS) is 16.1. The van der Waals surface area contributed by atoms with Crippen LogP contribution >= 0.6 is 0 Å². The van der Waals surface area contributed by atoms with Crippen molar-refractivity contribution in [3.63, 3.8) is 0 Å². The van der Waals surface area contributed by atoms with Gasteiger partial charge in [-0.1, -0.05) is 60.2 Å². The smallest absolute Gasteiger partial charge is 0.222 e. The summed E-state index contributed by atoms with van der Waals surface area (Å²) < 4.78 is 0. The van der Waals surface area contributed by atoms with Crippen molar-refractivity contribution in [2.45, 2.75) is 25.8 Å². The zero-order valence-corrected chi connectivity index (χ0v) is 15.3. The van der Waals surface area contributed by atoms with Crippen molar-refractivity contribution in [1.29, 1.82) is 5.26 Å². The number of piperazine rings is 1. The van der Waals surface area contributed by atoms with Gasteiger partial charge in [0.05, 0.1) is 6.07 Å². The molecule has 0 radical (unpaired) electrons. The second-order valence-corrected chi connectivity index (χ2v) is 6.84. The highest BCUT2D eigenvalue weighted by molar-refractivity contribution is 5.76. The lowest BCUT2D eigenvalue weighted by atomic mass is 10.0. The largest absolute Gasteiger partial charge is 0.340 e. The number of carbonyl (C=O) groups excluding carboxylic acids is 1. The van der Waals surface area contributed by atoms with Crippen molar-refractivity contribution < 1.29 is 4.79 Å². The first-order valence-corrected chi connectivity index (χ1v) is 9.19. The lowest BCUT2D eigenvalue weighted by molar-refractivity contribution is -0.133. The van der Waals surface area contributed by atoms with Gasteiger partial charge in [0.25, 0.3) is 0 Å². The second kappa shape index (κ2) is 8.64. The molecular formula is C22H25N3O. The van der Waals surface area contributed by atoms with Crippen LogP contribution in [0.4, 0.5) is 0 Å². The van der Waals surface area contributed by atoms with Gasteiger partial charge < -0.3 is 4.90 Å². The quantitative estimate of drug-likeness (QED) is 0.833. The van der Waals surface area contributed by atoms with Gasteiger partial charge in [-0.05, 0) is 24.5 Å². The van der Waals surface area contributed by atoms with Crippen molar-refractivity contribution in [3.8, 4) is 6.07 Å². The SMILES string of the molecule is Cc1ccc(C(C#N)N2CCN(C(=O)CCc3ccccc3)CC2)cc1. The highest BCUT2D eigenvalue weighted by Gasteiger charge is 2.26. The first-order chi connectivity index (χ1) is 12.7. The number of carbonyl (C=O) groups is 1. The molecule has 1 unspecified atom stereocenters. The van der Waals surface area contributed by atoms with E-state index >= 15 is 0 Å². The molecule has 1 fully saturated rings. The van der Waals surface area contributed by atoms with Crippen LogP contribution in [0.25, 0.3) is 0 Å². The standard InChI is InChI=1S/C22H25N3O/c1-18-7-10-20(11-8-18)21(17-23)24-13-15-25(16-14-24)22(26)12-9-19-5-3-2-4-6-19/h2-8,10-11,21H,9,12-16H2,1H3. The molecule has 1 saturated heterocycles. The maximum atomic E-state index is 12.5. The molecule has 0 aromatic heterocycles. The molecule has 2 aromatic carbocycles. The summed E-state index contributed by atoms with van der Waals surface area (Å²) in [4.78, 5) is 16.6. The minimum atomic E-state index is -0.239. The number of nitrogens with zero attached hydrogens (tertiary/aromatic N) is 3. The van der Waals surface area contributed by atoms with E-state index in [2.05, 4.69) is 23.1 Å². The molecule has 0 saturated carbocycles. The Balaban J connectivity index is 1.52. The molecule has 4 nitrogen and oxygen atoms in total. The summed E-state index contributed by atoms with van der Waals surface area (Å²) in [6.45, 7) is 4.91. The molecule has 26 heavy (non-hydrogen) atoms. The van der Waals surface area contributed by atoms with E-state index < -0.39 is 0 Å². The lowest BCUT2D eigenvalue weighted by Gasteiger charge is -2.37. The maximum absolute atomic E-state index is 12.5. The van der Waals surface area contributed by atoms with Crippen molar-refractivity contribution in [2.75, 3.05) is 26.2 Å². The first-order valence-electron chi connectivity index (χ1n) is 9.19. The number of amides is 1. The van der Waals surface area contributed by atoms with Crippen LogP contribution in [0.15, 0.2) is 54.6 Å². The average molecular weight is 347 g/mol. The summed E-state index contributed by atoms with van der Waals surface area (Å²) >= 11 is 0. The molecule has 1 aliphatic heterocycles.